The first-order valence-corrected chi connectivity index (χ1v) is 18.8. The van der Waals surface area contributed by atoms with Crippen LogP contribution in [0.2, 0.25) is 0 Å². The Hall–Kier alpha value is -5.41. The van der Waals surface area contributed by atoms with Crippen LogP contribution in [0.1, 0.15) is 55.6 Å². The van der Waals surface area contributed by atoms with Gasteiger partial charge in [0.1, 0.15) is 0 Å². The topological polar surface area (TPSA) is 38.7 Å². The van der Waals surface area contributed by atoms with E-state index >= 15 is 0 Å². The molecule has 4 bridgehead atoms. The highest BCUT2D eigenvalue weighted by Crippen LogP contribution is 2.68. The minimum atomic E-state index is 0.323. The van der Waals surface area contributed by atoms with Gasteiger partial charge in [0.2, 0.25) is 0 Å². The van der Waals surface area contributed by atoms with Gasteiger partial charge < -0.3 is 0 Å². The molecule has 0 N–H and O–H groups in total. The molecule has 246 valence electrons. The number of hydrogen-bond acceptors (Lipinski definition) is 3. The molecule has 1 heterocycles. The fraction of sp³-hybridized carbons (Fsp3) is 0.229. The van der Waals surface area contributed by atoms with Crippen LogP contribution < -0.4 is 0 Å². The summed E-state index contributed by atoms with van der Waals surface area (Å²) in [7, 11) is 0. The quantitative estimate of drug-likeness (QED) is 0.185. The third-order valence-electron chi connectivity index (χ3n) is 12.8. The van der Waals surface area contributed by atoms with Crippen molar-refractivity contribution in [3.63, 3.8) is 0 Å². The van der Waals surface area contributed by atoms with E-state index in [1.807, 2.05) is 6.07 Å². The standard InChI is InChI=1S/C48H39N3/c1-3-11-33(12-4-1)37-16-9-10-18-40(37)47-50-45(35-14-5-2-6-15-35)49-46(51-47)36-20-21-39-42(26-36)44(41-22-19-34-13-7-8-17-38(34)43(39)41)48-27-30-23-31(28-48)25-32(24-30)29-48/h1-22,26,30-32,44H,23-25,27-29H2. The second-order valence-electron chi connectivity index (χ2n) is 15.8. The molecule has 0 spiro atoms. The number of benzene rings is 6. The summed E-state index contributed by atoms with van der Waals surface area (Å²) in [5.74, 6) is 5.19. The molecule has 7 aromatic rings. The van der Waals surface area contributed by atoms with Crippen molar-refractivity contribution in [2.45, 2.75) is 44.4 Å². The Kier molecular flexibility index (Phi) is 6.50. The van der Waals surface area contributed by atoms with E-state index in [1.54, 1.807) is 5.56 Å². The van der Waals surface area contributed by atoms with Gasteiger partial charge in [-0.25, -0.2) is 15.0 Å². The summed E-state index contributed by atoms with van der Waals surface area (Å²) in [5.41, 5.74) is 11.5. The van der Waals surface area contributed by atoms with Gasteiger partial charge in [-0.05, 0) is 112 Å². The van der Waals surface area contributed by atoms with Crippen LogP contribution in [-0.2, 0) is 0 Å². The average molecular weight is 658 g/mol. The third kappa shape index (κ3) is 4.67. The minimum absolute atomic E-state index is 0.323. The van der Waals surface area contributed by atoms with E-state index in [-0.39, 0.29) is 0 Å². The Morgan fingerprint density at radius 2 is 1.02 bits per heavy atom. The third-order valence-corrected chi connectivity index (χ3v) is 12.8. The molecule has 1 aromatic heterocycles. The van der Waals surface area contributed by atoms with E-state index in [4.69, 9.17) is 15.0 Å². The Balaban J connectivity index is 1.12. The molecule has 6 aromatic carbocycles. The molecule has 12 rings (SSSR count). The van der Waals surface area contributed by atoms with Crippen LogP contribution in [0, 0.1) is 23.2 Å². The van der Waals surface area contributed by atoms with E-state index in [1.165, 1.54) is 66.0 Å². The fourth-order valence-corrected chi connectivity index (χ4v) is 11.2. The molecule has 0 aliphatic heterocycles. The molecule has 1 unspecified atom stereocenters. The molecule has 3 heteroatoms. The first kappa shape index (κ1) is 29.3. The molecule has 3 nitrogen and oxygen atoms in total. The van der Waals surface area contributed by atoms with Crippen LogP contribution in [0.3, 0.4) is 0 Å². The Morgan fingerprint density at radius 1 is 0.431 bits per heavy atom. The van der Waals surface area contributed by atoms with Crippen molar-refractivity contribution >= 4 is 10.8 Å². The van der Waals surface area contributed by atoms with Gasteiger partial charge >= 0.3 is 0 Å². The molecule has 4 fully saturated rings. The smallest absolute Gasteiger partial charge is 0.164 e. The van der Waals surface area contributed by atoms with Crippen LogP contribution in [0.4, 0.5) is 0 Å². The number of aromatic nitrogens is 3. The molecule has 0 amide bonds. The summed E-state index contributed by atoms with van der Waals surface area (Å²) in [5, 5.41) is 2.70. The monoisotopic (exact) mass is 657 g/mol. The molecule has 5 aliphatic rings. The molecule has 0 radical (unpaired) electrons. The lowest BCUT2D eigenvalue weighted by Gasteiger charge is -2.59. The fourth-order valence-electron chi connectivity index (χ4n) is 11.2. The van der Waals surface area contributed by atoms with Gasteiger partial charge in [0, 0.05) is 22.6 Å². The summed E-state index contributed by atoms with van der Waals surface area (Å²) in [4.78, 5) is 15.7. The van der Waals surface area contributed by atoms with E-state index in [9.17, 15) is 0 Å². The summed E-state index contributed by atoms with van der Waals surface area (Å²) >= 11 is 0. The SMILES string of the molecule is c1ccc(-c2nc(-c3ccc4c(c3)C(C35CC6CC(CC(C6)C3)C5)c3ccc5ccccc5c3-4)nc(-c3ccccc3-c3ccccc3)n2)cc1. The maximum atomic E-state index is 5.31. The molecule has 4 saturated carbocycles. The second kappa shape index (κ2) is 11.3. The molecular weight excluding hydrogens is 619 g/mol. The lowest BCUT2D eigenvalue weighted by atomic mass is 9.45. The van der Waals surface area contributed by atoms with Gasteiger partial charge in [-0.3, -0.25) is 0 Å². The molecule has 0 saturated heterocycles. The summed E-state index contributed by atoms with van der Waals surface area (Å²) in [6, 6.07) is 50.4. The normalized spacial score (nSPS) is 24.1. The highest BCUT2D eigenvalue weighted by molar-refractivity contribution is 6.02. The molecule has 5 aliphatic carbocycles. The molecule has 51 heavy (non-hydrogen) atoms. The predicted octanol–water partition coefficient (Wildman–Crippen LogP) is 12.0. The zero-order chi connectivity index (χ0) is 33.5. The van der Waals surface area contributed by atoms with Gasteiger partial charge in [-0.2, -0.15) is 0 Å². The highest BCUT2D eigenvalue weighted by atomic mass is 15.0. The van der Waals surface area contributed by atoms with Crippen molar-refractivity contribution in [1.82, 2.24) is 15.0 Å². The van der Waals surface area contributed by atoms with Crippen LogP contribution in [0.5, 0.6) is 0 Å². The van der Waals surface area contributed by atoms with E-state index in [0.29, 0.717) is 23.0 Å². The minimum Gasteiger partial charge on any atom is -0.208 e. The summed E-state index contributed by atoms with van der Waals surface area (Å²) < 4.78 is 0. The van der Waals surface area contributed by atoms with Crippen LogP contribution in [0.15, 0.2) is 140 Å². The lowest BCUT2D eigenvalue weighted by molar-refractivity contribution is -0.0612. The number of fused-ring (bicyclic) bond motifs is 5. The largest absolute Gasteiger partial charge is 0.208 e. The van der Waals surface area contributed by atoms with Crippen molar-refractivity contribution in [2.24, 2.45) is 23.2 Å². The maximum absolute atomic E-state index is 5.31. The number of nitrogens with zero attached hydrogens (tertiary/aromatic N) is 3. The lowest BCUT2D eigenvalue weighted by Crippen LogP contribution is -2.48. The van der Waals surface area contributed by atoms with Crippen molar-refractivity contribution in [3.8, 4) is 56.4 Å². The van der Waals surface area contributed by atoms with Gasteiger partial charge in [0.05, 0.1) is 0 Å². The summed E-state index contributed by atoms with van der Waals surface area (Å²) in [6.45, 7) is 0. The van der Waals surface area contributed by atoms with Gasteiger partial charge in [-0.1, -0.05) is 133 Å². The van der Waals surface area contributed by atoms with Crippen molar-refractivity contribution in [1.29, 1.82) is 0 Å². The maximum Gasteiger partial charge on any atom is 0.164 e. The first-order chi connectivity index (χ1) is 25.2. The van der Waals surface area contributed by atoms with E-state index in [0.717, 1.165) is 51.4 Å². The van der Waals surface area contributed by atoms with Crippen molar-refractivity contribution in [2.75, 3.05) is 0 Å². The summed E-state index contributed by atoms with van der Waals surface area (Å²) in [6.07, 6.45) is 8.44. The molecule has 1 atom stereocenters. The van der Waals surface area contributed by atoms with E-state index < -0.39 is 0 Å². The van der Waals surface area contributed by atoms with Gasteiger partial charge in [-0.15, -0.1) is 0 Å². The number of rotatable bonds is 5. The van der Waals surface area contributed by atoms with Gasteiger partial charge in [0.15, 0.2) is 17.5 Å². The van der Waals surface area contributed by atoms with Crippen molar-refractivity contribution in [3.05, 3.63) is 151 Å². The average Bonchev–Trinajstić information content (AvgIpc) is 3.53. The Bertz CT molecular complexity index is 2430. The van der Waals surface area contributed by atoms with Crippen LogP contribution in [-0.4, -0.2) is 15.0 Å². The zero-order valence-electron chi connectivity index (χ0n) is 28.7. The van der Waals surface area contributed by atoms with Crippen LogP contribution >= 0.6 is 0 Å². The second-order valence-corrected chi connectivity index (χ2v) is 15.8. The Labute approximate surface area is 299 Å². The predicted molar refractivity (Wildman–Crippen MR) is 207 cm³/mol. The van der Waals surface area contributed by atoms with Crippen LogP contribution in [0.25, 0.3) is 67.2 Å². The first-order valence-electron chi connectivity index (χ1n) is 18.8. The highest BCUT2D eigenvalue weighted by Gasteiger charge is 2.56. The van der Waals surface area contributed by atoms with Crippen molar-refractivity contribution < 1.29 is 0 Å². The number of hydrogen-bond donors (Lipinski definition) is 0. The Morgan fingerprint density at radius 3 is 1.75 bits per heavy atom. The van der Waals surface area contributed by atoms with E-state index in [2.05, 4.69) is 133 Å². The van der Waals surface area contributed by atoms with Gasteiger partial charge in [0.25, 0.3) is 0 Å². The zero-order valence-corrected chi connectivity index (χ0v) is 28.7. The molecular formula is C48H39N3.